The van der Waals surface area contributed by atoms with Gasteiger partial charge in [-0.2, -0.15) is 0 Å². The number of ether oxygens (including phenoxy) is 1. The molecule has 172 valence electrons. The average molecular weight is 550 g/mol. The highest BCUT2D eigenvalue weighted by molar-refractivity contribution is 14.0. The Kier molecular flexibility index (Phi) is 11.4. The first-order chi connectivity index (χ1) is 14.1. The number of thiophene rings is 1. The van der Waals surface area contributed by atoms with Gasteiger partial charge in [-0.1, -0.05) is 0 Å². The average Bonchev–Trinajstić information content (AvgIpc) is 3.15. The summed E-state index contributed by atoms with van der Waals surface area (Å²) < 4.78 is 5.58. The van der Waals surface area contributed by atoms with Gasteiger partial charge in [-0.3, -0.25) is 9.89 Å². The molecular weight excluding hydrogens is 509 g/mol. The molecule has 0 aliphatic carbocycles. The highest BCUT2D eigenvalue weighted by Crippen LogP contribution is 2.28. The van der Waals surface area contributed by atoms with Gasteiger partial charge in [-0.05, 0) is 52.7 Å². The predicted molar refractivity (Wildman–Crippen MR) is 138 cm³/mol. The second-order valence-electron chi connectivity index (χ2n) is 8.38. The zero-order valence-corrected chi connectivity index (χ0v) is 22.2. The summed E-state index contributed by atoms with van der Waals surface area (Å²) in [5.74, 6) is 0.960. The fraction of sp³-hybridized carbons (Fsp3) is 0.773. The van der Waals surface area contributed by atoms with Crippen molar-refractivity contribution in [1.82, 2.24) is 20.4 Å². The number of likely N-dealkylation sites (tertiary alicyclic amines) is 1. The number of aliphatic imine (C=N–C) groups is 1. The molecule has 0 spiro atoms. The summed E-state index contributed by atoms with van der Waals surface area (Å²) in [6.07, 6.45) is 2.36. The van der Waals surface area contributed by atoms with Gasteiger partial charge in [0, 0.05) is 54.6 Å². The van der Waals surface area contributed by atoms with Crippen molar-refractivity contribution in [3.8, 4) is 0 Å². The fourth-order valence-electron chi connectivity index (χ4n) is 4.16. The van der Waals surface area contributed by atoms with Gasteiger partial charge < -0.3 is 20.3 Å². The monoisotopic (exact) mass is 549 g/mol. The van der Waals surface area contributed by atoms with Gasteiger partial charge in [0.05, 0.1) is 25.8 Å². The van der Waals surface area contributed by atoms with E-state index in [2.05, 4.69) is 60.3 Å². The molecule has 8 heteroatoms. The number of hydrogen-bond acceptors (Lipinski definition) is 5. The van der Waals surface area contributed by atoms with Crippen LogP contribution in [0.5, 0.6) is 0 Å². The van der Waals surface area contributed by atoms with Crippen LogP contribution >= 0.6 is 35.3 Å². The molecule has 0 aromatic carbocycles. The van der Waals surface area contributed by atoms with Crippen LogP contribution in [-0.2, 0) is 4.74 Å². The standard InChI is InChI=1S/C22H39N5OS.HI/c1-5-23-22(25-19-8-10-26(11-9-19)17(2)3)24-16-20(21-7-6-18(4)29-21)27-12-14-28-15-13-27;/h6-7,17,19-20H,5,8-16H2,1-4H3,(H2,23,24,25);1H. The summed E-state index contributed by atoms with van der Waals surface area (Å²) in [5.41, 5.74) is 0. The third-order valence-electron chi connectivity index (χ3n) is 5.94. The van der Waals surface area contributed by atoms with E-state index < -0.39 is 0 Å². The van der Waals surface area contributed by atoms with Crippen LogP contribution in [0.15, 0.2) is 17.1 Å². The minimum atomic E-state index is 0. The maximum Gasteiger partial charge on any atom is 0.191 e. The second-order valence-corrected chi connectivity index (χ2v) is 9.70. The molecule has 1 unspecified atom stereocenters. The first kappa shape index (κ1) is 25.8. The molecule has 3 heterocycles. The van der Waals surface area contributed by atoms with Crippen molar-refractivity contribution in [2.24, 2.45) is 4.99 Å². The molecular formula is C22H40IN5OS. The van der Waals surface area contributed by atoms with Crippen molar-refractivity contribution in [1.29, 1.82) is 0 Å². The molecule has 1 aromatic rings. The SMILES string of the molecule is CCNC(=NCC(c1ccc(C)s1)N1CCOCC1)NC1CCN(C(C)C)CC1.I. The number of guanidine groups is 1. The van der Waals surface area contributed by atoms with Gasteiger partial charge in [0.2, 0.25) is 0 Å². The molecule has 2 aliphatic rings. The van der Waals surface area contributed by atoms with Gasteiger partial charge >= 0.3 is 0 Å². The molecule has 30 heavy (non-hydrogen) atoms. The summed E-state index contributed by atoms with van der Waals surface area (Å²) in [6.45, 7) is 16.5. The van der Waals surface area contributed by atoms with E-state index in [-0.39, 0.29) is 24.0 Å². The van der Waals surface area contributed by atoms with Crippen LogP contribution in [0.4, 0.5) is 0 Å². The Labute approximate surface area is 203 Å². The third-order valence-corrected chi connectivity index (χ3v) is 7.05. The molecule has 2 fully saturated rings. The Balaban J connectivity index is 0.00000320. The van der Waals surface area contributed by atoms with E-state index in [4.69, 9.17) is 9.73 Å². The van der Waals surface area contributed by atoms with Crippen LogP contribution in [0.3, 0.4) is 0 Å². The van der Waals surface area contributed by atoms with Gasteiger partial charge in [-0.25, -0.2) is 0 Å². The number of aryl methyl sites for hydroxylation is 1. The molecule has 0 bridgehead atoms. The highest BCUT2D eigenvalue weighted by atomic mass is 127. The van der Waals surface area contributed by atoms with E-state index in [1.54, 1.807) is 0 Å². The largest absolute Gasteiger partial charge is 0.379 e. The Bertz CT molecular complexity index is 639. The lowest BCUT2D eigenvalue weighted by molar-refractivity contribution is 0.0186. The molecule has 2 saturated heterocycles. The van der Waals surface area contributed by atoms with Crippen molar-refractivity contribution in [2.45, 2.75) is 58.7 Å². The summed E-state index contributed by atoms with van der Waals surface area (Å²) in [6, 6.07) is 5.98. The predicted octanol–water partition coefficient (Wildman–Crippen LogP) is 3.48. The maximum atomic E-state index is 5.58. The first-order valence-electron chi connectivity index (χ1n) is 11.2. The lowest BCUT2D eigenvalue weighted by atomic mass is 10.0. The van der Waals surface area contributed by atoms with Gasteiger partial charge in [0.25, 0.3) is 0 Å². The Morgan fingerprint density at radius 1 is 1.17 bits per heavy atom. The van der Waals surface area contributed by atoms with E-state index in [0.29, 0.717) is 18.1 Å². The van der Waals surface area contributed by atoms with E-state index in [1.165, 1.54) is 35.7 Å². The second kappa shape index (κ2) is 13.2. The fourth-order valence-corrected chi connectivity index (χ4v) is 5.16. The van der Waals surface area contributed by atoms with Crippen molar-refractivity contribution in [3.63, 3.8) is 0 Å². The lowest BCUT2D eigenvalue weighted by Crippen LogP contribution is -2.50. The van der Waals surface area contributed by atoms with E-state index in [1.807, 2.05) is 11.3 Å². The number of piperidine rings is 1. The van der Waals surface area contributed by atoms with E-state index in [9.17, 15) is 0 Å². The molecule has 3 rings (SSSR count). The topological polar surface area (TPSA) is 52.1 Å². The molecule has 0 saturated carbocycles. The van der Waals surface area contributed by atoms with Crippen molar-refractivity contribution in [2.75, 3.05) is 52.5 Å². The normalized spacial score (nSPS) is 20.8. The van der Waals surface area contributed by atoms with E-state index >= 15 is 0 Å². The first-order valence-corrected chi connectivity index (χ1v) is 12.1. The highest BCUT2D eigenvalue weighted by Gasteiger charge is 2.25. The molecule has 6 nitrogen and oxygen atoms in total. The van der Waals surface area contributed by atoms with Crippen LogP contribution in [-0.4, -0.2) is 80.3 Å². The minimum Gasteiger partial charge on any atom is -0.379 e. The van der Waals surface area contributed by atoms with Crippen molar-refractivity contribution >= 4 is 41.3 Å². The zero-order valence-electron chi connectivity index (χ0n) is 19.0. The van der Waals surface area contributed by atoms with Crippen LogP contribution in [0, 0.1) is 6.92 Å². The van der Waals surface area contributed by atoms with Crippen LogP contribution in [0.2, 0.25) is 0 Å². The number of halogens is 1. The number of morpholine rings is 1. The number of hydrogen-bond donors (Lipinski definition) is 2. The van der Waals surface area contributed by atoms with Crippen LogP contribution in [0.1, 0.15) is 49.4 Å². The Morgan fingerprint density at radius 2 is 1.87 bits per heavy atom. The molecule has 1 atom stereocenters. The summed E-state index contributed by atoms with van der Waals surface area (Å²) in [5, 5.41) is 7.17. The quantitative estimate of drug-likeness (QED) is 0.310. The Morgan fingerprint density at radius 3 is 2.43 bits per heavy atom. The zero-order chi connectivity index (χ0) is 20.6. The van der Waals surface area contributed by atoms with Gasteiger partial charge in [0.1, 0.15) is 0 Å². The smallest absolute Gasteiger partial charge is 0.191 e. The molecule has 2 aliphatic heterocycles. The number of nitrogens with one attached hydrogen (secondary N) is 2. The lowest BCUT2D eigenvalue weighted by Gasteiger charge is -2.35. The summed E-state index contributed by atoms with van der Waals surface area (Å²) in [4.78, 5) is 12.9. The molecule has 0 radical (unpaired) electrons. The number of nitrogens with zero attached hydrogens (tertiary/aromatic N) is 3. The summed E-state index contributed by atoms with van der Waals surface area (Å²) in [7, 11) is 0. The van der Waals surface area contributed by atoms with Crippen molar-refractivity contribution in [3.05, 3.63) is 21.9 Å². The van der Waals surface area contributed by atoms with E-state index in [0.717, 1.165) is 45.4 Å². The van der Waals surface area contributed by atoms with Crippen LogP contribution < -0.4 is 10.6 Å². The van der Waals surface area contributed by atoms with Crippen LogP contribution in [0.25, 0.3) is 0 Å². The molecule has 1 aromatic heterocycles. The molecule has 2 N–H and O–H groups in total. The van der Waals surface area contributed by atoms with Gasteiger partial charge in [-0.15, -0.1) is 35.3 Å². The minimum absolute atomic E-state index is 0. The van der Waals surface area contributed by atoms with Gasteiger partial charge in [0.15, 0.2) is 5.96 Å². The maximum absolute atomic E-state index is 5.58. The third kappa shape index (κ3) is 7.62. The molecule has 0 amide bonds. The summed E-state index contributed by atoms with van der Waals surface area (Å²) >= 11 is 1.89. The van der Waals surface area contributed by atoms with Crippen molar-refractivity contribution < 1.29 is 4.74 Å². The number of rotatable bonds is 7. The Hall–Kier alpha value is -0.420.